The molecule has 0 aliphatic carbocycles. The second-order valence-electron chi connectivity index (χ2n) is 4.27. The van der Waals surface area contributed by atoms with E-state index in [2.05, 4.69) is 27.5 Å². The topological polar surface area (TPSA) is 55.6 Å². The van der Waals surface area contributed by atoms with Crippen LogP contribution in [0.4, 0.5) is 0 Å². The zero-order valence-corrected chi connectivity index (χ0v) is 10.7. The highest BCUT2D eigenvalue weighted by atomic mass is 15.4. The Morgan fingerprint density at radius 3 is 3.00 bits per heavy atom. The fourth-order valence-electron chi connectivity index (χ4n) is 2.09. The Morgan fingerprint density at radius 2 is 2.11 bits per heavy atom. The zero-order chi connectivity index (χ0) is 13.1. The summed E-state index contributed by atoms with van der Waals surface area (Å²) in [7, 11) is 0. The molecule has 0 unspecified atom stereocenters. The molecule has 2 heterocycles. The first kappa shape index (κ1) is 11.8. The summed E-state index contributed by atoms with van der Waals surface area (Å²) in [6, 6.07) is 10.1. The first-order valence-corrected chi connectivity index (χ1v) is 6.34. The third-order valence-electron chi connectivity index (χ3n) is 3.02. The predicted octanol–water partition coefficient (Wildman–Crippen LogP) is 1.92. The summed E-state index contributed by atoms with van der Waals surface area (Å²) in [5.41, 5.74) is 2.93. The molecule has 0 spiro atoms. The number of fused-ring (bicyclic) bond motifs is 1. The average molecular weight is 253 g/mol. The van der Waals surface area contributed by atoms with E-state index in [9.17, 15) is 0 Å². The van der Waals surface area contributed by atoms with Gasteiger partial charge in [-0.1, -0.05) is 30.3 Å². The van der Waals surface area contributed by atoms with E-state index >= 15 is 0 Å². The molecular weight excluding hydrogens is 238 g/mol. The van der Waals surface area contributed by atoms with Crippen molar-refractivity contribution in [2.45, 2.75) is 13.5 Å². The second kappa shape index (κ2) is 5.16. The maximum absolute atomic E-state index is 4.45. The third kappa shape index (κ3) is 2.20. The summed E-state index contributed by atoms with van der Waals surface area (Å²) in [6.07, 6.45) is 3.58. The van der Waals surface area contributed by atoms with E-state index in [-0.39, 0.29) is 0 Å². The molecule has 19 heavy (non-hydrogen) atoms. The van der Waals surface area contributed by atoms with Crippen LogP contribution in [0.1, 0.15) is 12.6 Å². The van der Waals surface area contributed by atoms with Gasteiger partial charge in [0.25, 0.3) is 0 Å². The molecule has 0 aliphatic heterocycles. The van der Waals surface area contributed by atoms with Crippen molar-refractivity contribution in [3.63, 3.8) is 0 Å². The standard InChI is InChI=1S/C14H15N5/c1-2-15-9-12-10-17-18-19(12)13-7-3-5-11-6-4-8-16-14(11)13/h3-8,10,15H,2,9H2,1H3. The van der Waals surface area contributed by atoms with Crippen molar-refractivity contribution < 1.29 is 0 Å². The first-order chi connectivity index (χ1) is 9.40. The monoisotopic (exact) mass is 253 g/mol. The van der Waals surface area contributed by atoms with E-state index < -0.39 is 0 Å². The molecule has 2 aromatic heterocycles. The van der Waals surface area contributed by atoms with Crippen LogP contribution in [0.3, 0.4) is 0 Å². The lowest BCUT2D eigenvalue weighted by Gasteiger charge is -2.08. The molecule has 0 saturated carbocycles. The molecule has 3 rings (SSSR count). The van der Waals surface area contributed by atoms with Crippen LogP contribution in [0.25, 0.3) is 16.6 Å². The van der Waals surface area contributed by atoms with Gasteiger partial charge in [0.2, 0.25) is 0 Å². The van der Waals surface area contributed by atoms with E-state index in [1.54, 1.807) is 12.4 Å². The summed E-state index contributed by atoms with van der Waals surface area (Å²) in [4.78, 5) is 4.45. The van der Waals surface area contributed by atoms with Gasteiger partial charge in [-0.25, -0.2) is 4.68 Å². The molecule has 1 aromatic carbocycles. The Labute approximate surface area is 111 Å². The van der Waals surface area contributed by atoms with Crippen molar-refractivity contribution in [2.75, 3.05) is 6.54 Å². The molecule has 1 N–H and O–H groups in total. The van der Waals surface area contributed by atoms with Crippen LogP contribution in [0.2, 0.25) is 0 Å². The van der Waals surface area contributed by atoms with Crippen molar-refractivity contribution in [1.29, 1.82) is 0 Å². The number of benzene rings is 1. The van der Waals surface area contributed by atoms with Gasteiger partial charge in [0.05, 0.1) is 23.1 Å². The van der Waals surface area contributed by atoms with Gasteiger partial charge in [-0.3, -0.25) is 4.98 Å². The van der Waals surface area contributed by atoms with Crippen LogP contribution in [0, 0.1) is 0 Å². The molecule has 0 saturated heterocycles. The number of nitrogens with zero attached hydrogens (tertiary/aromatic N) is 4. The van der Waals surface area contributed by atoms with E-state index in [1.165, 1.54) is 0 Å². The normalized spacial score (nSPS) is 11.0. The van der Waals surface area contributed by atoms with Crippen LogP contribution in [0.5, 0.6) is 0 Å². The summed E-state index contributed by atoms with van der Waals surface area (Å²) in [5.74, 6) is 0. The average Bonchev–Trinajstić information content (AvgIpc) is 2.92. The van der Waals surface area contributed by atoms with Gasteiger partial charge < -0.3 is 5.32 Å². The van der Waals surface area contributed by atoms with Crippen molar-refractivity contribution in [3.8, 4) is 5.69 Å². The molecule has 0 fully saturated rings. The molecular formula is C14H15N5. The van der Waals surface area contributed by atoms with Crippen molar-refractivity contribution >= 4 is 10.9 Å². The lowest BCUT2D eigenvalue weighted by Crippen LogP contribution is -2.15. The maximum Gasteiger partial charge on any atom is 0.0959 e. The van der Waals surface area contributed by atoms with Crippen LogP contribution >= 0.6 is 0 Å². The number of para-hydroxylation sites is 1. The number of hydrogen-bond acceptors (Lipinski definition) is 4. The second-order valence-corrected chi connectivity index (χ2v) is 4.27. The Morgan fingerprint density at radius 1 is 1.21 bits per heavy atom. The van der Waals surface area contributed by atoms with Crippen molar-refractivity contribution in [2.24, 2.45) is 0 Å². The highest BCUT2D eigenvalue weighted by Gasteiger charge is 2.09. The first-order valence-electron chi connectivity index (χ1n) is 6.34. The Balaban J connectivity index is 2.12. The van der Waals surface area contributed by atoms with E-state index in [1.807, 2.05) is 35.0 Å². The highest BCUT2D eigenvalue weighted by molar-refractivity contribution is 5.86. The minimum atomic E-state index is 0.743. The number of rotatable bonds is 4. The van der Waals surface area contributed by atoms with Crippen LogP contribution < -0.4 is 5.32 Å². The predicted molar refractivity (Wildman–Crippen MR) is 74.0 cm³/mol. The van der Waals surface area contributed by atoms with Gasteiger partial charge in [0.1, 0.15) is 0 Å². The lowest BCUT2D eigenvalue weighted by atomic mass is 10.2. The number of nitrogens with one attached hydrogen (secondary N) is 1. The SMILES string of the molecule is CCNCc1cnnn1-c1cccc2cccnc12. The van der Waals surface area contributed by atoms with Crippen LogP contribution in [-0.2, 0) is 6.54 Å². The molecule has 5 nitrogen and oxygen atoms in total. The summed E-state index contributed by atoms with van der Waals surface area (Å²) in [6.45, 7) is 3.74. The fourth-order valence-corrected chi connectivity index (χ4v) is 2.09. The molecule has 0 atom stereocenters. The van der Waals surface area contributed by atoms with Crippen molar-refractivity contribution in [3.05, 3.63) is 48.4 Å². The molecule has 0 amide bonds. The lowest BCUT2D eigenvalue weighted by molar-refractivity contribution is 0.673. The quantitative estimate of drug-likeness (QED) is 0.772. The molecule has 0 radical (unpaired) electrons. The molecule has 96 valence electrons. The highest BCUT2D eigenvalue weighted by Crippen LogP contribution is 2.20. The Kier molecular flexibility index (Phi) is 3.20. The molecule has 3 aromatic rings. The number of aromatic nitrogens is 4. The fraction of sp³-hybridized carbons (Fsp3) is 0.214. The molecule has 0 aliphatic rings. The molecule has 0 bridgehead atoms. The van der Waals surface area contributed by atoms with Gasteiger partial charge in [-0.15, -0.1) is 5.10 Å². The van der Waals surface area contributed by atoms with E-state index in [0.29, 0.717) is 0 Å². The van der Waals surface area contributed by atoms with E-state index in [4.69, 9.17) is 0 Å². The van der Waals surface area contributed by atoms with Gasteiger partial charge in [-0.05, 0) is 18.7 Å². The number of hydrogen-bond donors (Lipinski definition) is 1. The summed E-state index contributed by atoms with van der Waals surface area (Å²) < 4.78 is 1.85. The summed E-state index contributed by atoms with van der Waals surface area (Å²) in [5, 5.41) is 12.6. The Hall–Kier alpha value is -2.27. The Bertz CT molecular complexity index is 684. The third-order valence-corrected chi connectivity index (χ3v) is 3.02. The molecule has 5 heteroatoms. The van der Waals surface area contributed by atoms with E-state index in [0.717, 1.165) is 35.4 Å². The maximum atomic E-state index is 4.45. The summed E-state index contributed by atoms with van der Waals surface area (Å²) >= 11 is 0. The van der Waals surface area contributed by atoms with Gasteiger partial charge >= 0.3 is 0 Å². The zero-order valence-electron chi connectivity index (χ0n) is 10.7. The largest absolute Gasteiger partial charge is 0.311 e. The minimum absolute atomic E-state index is 0.743. The number of pyridine rings is 1. The van der Waals surface area contributed by atoms with Gasteiger partial charge in [0, 0.05) is 18.1 Å². The van der Waals surface area contributed by atoms with Crippen LogP contribution in [0.15, 0.2) is 42.7 Å². The minimum Gasteiger partial charge on any atom is -0.311 e. The van der Waals surface area contributed by atoms with Gasteiger partial charge in [0.15, 0.2) is 0 Å². The van der Waals surface area contributed by atoms with Crippen molar-refractivity contribution in [1.82, 2.24) is 25.3 Å². The smallest absolute Gasteiger partial charge is 0.0959 e. The van der Waals surface area contributed by atoms with Gasteiger partial charge in [-0.2, -0.15) is 0 Å². The van der Waals surface area contributed by atoms with Crippen LogP contribution in [-0.4, -0.2) is 26.5 Å².